The lowest BCUT2D eigenvalue weighted by Crippen LogP contribution is -2.54. The first-order valence-corrected chi connectivity index (χ1v) is 10.6. The second kappa shape index (κ2) is 12.7. The predicted octanol–water partition coefficient (Wildman–Crippen LogP) is 0.963. The molecule has 4 N–H and O–H groups in total. The van der Waals surface area contributed by atoms with E-state index in [1.807, 2.05) is 31.2 Å². The lowest BCUT2D eigenvalue weighted by atomic mass is 10.1. The third kappa shape index (κ3) is 9.38. The number of carbonyl (C=O) groups excluding carboxylic acids is 4. The number of hydrogen-bond acceptors (Lipinski definition) is 6. The fourth-order valence-corrected chi connectivity index (χ4v) is 3.08. The fourth-order valence-electron chi connectivity index (χ4n) is 2.51. The van der Waals surface area contributed by atoms with Gasteiger partial charge in [-0.15, -0.1) is 0 Å². The van der Waals surface area contributed by atoms with Gasteiger partial charge in [-0.1, -0.05) is 29.8 Å². The summed E-state index contributed by atoms with van der Waals surface area (Å²) >= 11 is 1.39. The van der Waals surface area contributed by atoms with Crippen molar-refractivity contribution in [1.82, 2.24) is 16.0 Å². The van der Waals surface area contributed by atoms with Gasteiger partial charge in [0, 0.05) is 25.6 Å². The lowest BCUT2D eigenvalue weighted by Gasteiger charge is -2.22. The van der Waals surface area contributed by atoms with Crippen LogP contribution in [0.4, 0.5) is 0 Å². The van der Waals surface area contributed by atoms with E-state index in [0.717, 1.165) is 11.1 Å². The lowest BCUT2D eigenvalue weighted by molar-refractivity contribution is -0.131. The molecule has 8 nitrogen and oxygen atoms in total. The average molecular weight is 421 g/mol. The number of aryl methyl sites for hydroxylation is 1. The number of benzene rings is 1. The maximum Gasteiger partial charge on any atom is 0.244 e. The van der Waals surface area contributed by atoms with Gasteiger partial charge in [0.1, 0.15) is 12.1 Å². The van der Waals surface area contributed by atoms with Crippen LogP contribution in [0.3, 0.4) is 0 Å². The van der Waals surface area contributed by atoms with E-state index >= 15 is 0 Å². The minimum Gasteiger partial charge on any atom is -0.350 e. The first-order valence-electron chi connectivity index (χ1n) is 9.19. The van der Waals surface area contributed by atoms with Crippen LogP contribution in [0, 0.1) is 12.3 Å². The van der Waals surface area contributed by atoms with Crippen LogP contribution in [0.5, 0.6) is 0 Å². The number of Topliss-reactive ketones (excluding diaryl/α,β-unsaturated/α-hetero) is 1. The van der Waals surface area contributed by atoms with Gasteiger partial charge in [0.15, 0.2) is 5.78 Å². The van der Waals surface area contributed by atoms with Gasteiger partial charge in [0.05, 0.1) is 6.21 Å². The summed E-state index contributed by atoms with van der Waals surface area (Å²) in [4.78, 5) is 48.0. The molecule has 0 aliphatic rings. The Bertz CT molecular complexity index is 737. The zero-order valence-electron chi connectivity index (χ0n) is 16.9. The summed E-state index contributed by atoms with van der Waals surface area (Å²) < 4.78 is 0. The third-order valence-electron chi connectivity index (χ3n) is 4.09. The molecule has 0 spiro atoms. The van der Waals surface area contributed by atoms with Crippen LogP contribution in [0.1, 0.15) is 30.9 Å². The zero-order valence-corrected chi connectivity index (χ0v) is 17.7. The smallest absolute Gasteiger partial charge is 0.244 e. The van der Waals surface area contributed by atoms with E-state index in [2.05, 4.69) is 16.0 Å². The fraction of sp³-hybridized carbons (Fsp3) is 0.450. The summed E-state index contributed by atoms with van der Waals surface area (Å²) in [6, 6.07) is 5.93. The van der Waals surface area contributed by atoms with Crippen LogP contribution in [-0.2, 0) is 25.7 Å². The highest BCUT2D eigenvalue weighted by Crippen LogP contribution is 2.05. The number of thioether (sulfide) groups is 1. The molecule has 0 bridgehead atoms. The van der Waals surface area contributed by atoms with Gasteiger partial charge >= 0.3 is 0 Å². The molecule has 0 aromatic heterocycles. The first kappa shape index (κ1) is 24.4. The molecule has 0 fully saturated rings. The quantitative estimate of drug-likeness (QED) is 0.375. The summed E-state index contributed by atoms with van der Waals surface area (Å²) in [7, 11) is 0. The Morgan fingerprint density at radius 1 is 1.07 bits per heavy atom. The van der Waals surface area contributed by atoms with Gasteiger partial charge in [0.25, 0.3) is 0 Å². The molecule has 9 heteroatoms. The molecule has 29 heavy (non-hydrogen) atoms. The topological polar surface area (TPSA) is 128 Å². The van der Waals surface area contributed by atoms with Crippen molar-refractivity contribution in [3.63, 3.8) is 0 Å². The molecule has 1 aromatic rings. The molecule has 1 rings (SSSR count). The molecular formula is C20H28N4O4S. The Morgan fingerprint density at radius 3 is 2.28 bits per heavy atom. The van der Waals surface area contributed by atoms with E-state index in [1.165, 1.54) is 18.7 Å². The first-order chi connectivity index (χ1) is 13.8. The zero-order chi connectivity index (χ0) is 21.8. The van der Waals surface area contributed by atoms with Crippen LogP contribution in [-0.4, -0.2) is 53.8 Å². The maximum atomic E-state index is 12.6. The molecule has 0 heterocycles. The van der Waals surface area contributed by atoms with Crippen LogP contribution < -0.4 is 16.0 Å². The number of carbonyl (C=O) groups is 4. The minimum atomic E-state index is -0.949. The number of rotatable bonds is 12. The predicted molar refractivity (Wildman–Crippen MR) is 114 cm³/mol. The van der Waals surface area contributed by atoms with E-state index in [0.29, 0.717) is 12.0 Å². The third-order valence-corrected chi connectivity index (χ3v) is 4.75. The number of hydrogen-bond donors (Lipinski definition) is 4. The van der Waals surface area contributed by atoms with Gasteiger partial charge in [-0.2, -0.15) is 11.8 Å². The summed E-state index contributed by atoms with van der Waals surface area (Å²) in [6.45, 7) is 3.56. The molecule has 0 aliphatic carbocycles. The summed E-state index contributed by atoms with van der Waals surface area (Å²) in [6.07, 6.45) is 2.51. The molecule has 0 unspecified atom stereocenters. The molecular weight excluding hydrogens is 392 g/mol. The van der Waals surface area contributed by atoms with Gasteiger partial charge in [-0.25, -0.2) is 0 Å². The van der Waals surface area contributed by atoms with E-state index in [-0.39, 0.29) is 25.3 Å². The summed E-state index contributed by atoms with van der Waals surface area (Å²) in [5.41, 5.74) is 2.01. The van der Waals surface area contributed by atoms with Crippen LogP contribution >= 0.6 is 11.8 Å². The van der Waals surface area contributed by atoms with Gasteiger partial charge < -0.3 is 21.4 Å². The van der Waals surface area contributed by atoms with Crippen molar-refractivity contribution in [3.05, 3.63) is 35.4 Å². The van der Waals surface area contributed by atoms with Crippen LogP contribution in [0.25, 0.3) is 0 Å². The number of ketones is 1. The van der Waals surface area contributed by atoms with Crippen LogP contribution in [0.15, 0.2) is 24.3 Å². The van der Waals surface area contributed by atoms with Crippen molar-refractivity contribution in [2.75, 3.05) is 12.0 Å². The molecule has 0 aliphatic heterocycles. The molecule has 2 atom stereocenters. The largest absolute Gasteiger partial charge is 0.350 e. The standard InChI is InChI=1S/C20H28N4O4S/c1-13-4-6-15(7-5-13)11-22-19(27)17(9-8-16(26)10-21)24-20(28)18(12-29-3)23-14(2)25/h4-7,10,17-18,21H,8-9,11-12H2,1-3H3,(H,22,27)(H,23,25)(H,24,28)/t17-,18-/m0/s1. The summed E-state index contributed by atoms with van der Waals surface area (Å²) in [5, 5.41) is 14.9. The van der Waals surface area contributed by atoms with Crippen LogP contribution in [0.2, 0.25) is 0 Å². The highest BCUT2D eigenvalue weighted by Gasteiger charge is 2.26. The van der Waals surface area contributed by atoms with E-state index in [9.17, 15) is 19.2 Å². The van der Waals surface area contributed by atoms with Crippen molar-refractivity contribution in [2.24, 2.45) is 0 Å². The van der Waals surface area contributed by atoms with Crippen molar-refractivity contribution >= 4 is 41.5 Å². The Hall–Kier alpha value is -2.68. The molecule has 3 amide bonds. The van der Waals surface area contributed by atoms with Gasteiger partial charge in [-0.3, -0.25) is 19.2 Å². The monoisotopic (exact) mass is 420 g/mol. The highest BCUT2D eigenvalue weighted by atomic mass is 32.2. The van der Waals surface area contributed by atoms with Gasteiger partial charge in [0.2, 0.25) is 17.7 Å². The summed E-state index contributed by atoms with van der Waals surface area (Å²) in [5.74, 6) is -1.35. The molecule has 0 saturated carbocycles. The van der Waals surface area contributed by atoms with Crippen molar-refractivity contribution in [3.8, 4) is 0 Å². The normalized spacial score (nSPS) is 12.4. The van der Waals surface area contributed by atoms with Crippen molar-refractivity contribution < 1.29 is 19.2 Å². The van der Waals surface area contributed by atoms with Crippen molar-refractivity contribution in [2.45, 2.75) is 45.3 Å². The maximum absolute atomic E-state index is 12.6. The van der Waals surface area contributed by atoms with E-state index < -0.39 is 29.7 Å². The molecule has 0 saturated heterocycles. The molecule has 0 radical (unpaired) electrons. The molecule has 158 valence electrons. The minimum absolute atomic E-state index is 0.0419. The SMILES string of the molecule is CSC[C@H](NC(C)=O)C(=O)N[C@@H](CCC(=O)C=N)C(=O)NCc1ccc(C)cc1. The highest BCUT2D eigenvalue weighted by molar-refractivity contribution is 7.98. The van der Waals surface area contributed by atoms with Crippen molar-refractivity contribution in [1.29, 1.82) is 5.41 Å². The molecule has 1 aromatic carbocycles. The Balaban J connectivity index is 2.81. The Labute approximate surface area is 175 Å². The average Bonchev–Trinajstić information content (AvgIpc) is 2.69. The second-order valence-corrected chi connectivity index (χ2v) is 7.53. The Morgan fingerprint density at radius 2 is 1.72 bits per heavy atom. The van der Waals surface area contributed by atoms with Gasteiger partial charge in [-0.05, 0) is 25.2 Å². The Kier molecular flexibility index (Phi) is 10.7. The van der Waals surface area contributed by atoms with E-state index in [4.69, 9.17) is 5.41 Å². The van der Waals surface area contributed by atoms with E-state index in [1.54, 1.807) is 6.26 Å². The number of nitrogens with one attached hydrogen (secondary N) is 4. The number of amides is 3. The second-order valence-electron chi connectivity index (χ2n) is 6.62.